The number of hydrazone groups is 1. The zero-order valence-corrected chi connectivity index (χ0v) is 14.9. The topological polar surface area (TPSA) is 102 Å². The van der Waals surface area contributed by atoms with Crippen LogP contribution in [0.3, 0.4) is 0 Å². The van der Waals surface area contributed by atoms with E-state index in [1.165, 1.54) is 20.5 Å². The van der Waals surface area contributed by atoms with Crippen molar-refractivity contribution >= 4 is 17.5 Å². The molecule has 1 aromatic carbocycles. The van der Waals surface area contributed by atoms with E-state index in [1.807, 2.05) is 0 Å². The fourth-order valence-electron chi connectivity index (χ4n) is 2.13. The second kappa shape index (κ2) is 9.26. The van der Waals surface area contributed by atoms with Gasteiger partial charge in [-0.15, -0.1) is 0 Å². The molecule has 0 aliphatic heterocycles. The minimum Gasteiger partial charge on any atom is -0.497 e. The molecule has 0 radical (unpaired) electrons. The van der Waals surface area contributed by atoms with Gasteiger partial charge in [0, 0.05) is 11.8 Å². The van der Waals surface area contributed by atoms with Crippen molar-refractivity contribution in [3.8, 4) is 11.5 Å². The molecule has 0 fully saturated rings. The van der Waals surface area contributed by atoms with Gasteiger partial charge in [-0.3, -0.25) is 9.59 Å². The fraction of sp³-hybridized carbons (Fsp3) is 0.278. The van der Waals surface area contributed by atoms with Gasteiger partial charge in [0.25, 0.3) is 5.91 Å². The van der Waals surface area contributed by atoms with Crippen LogP contribution in [0.4, 0.5) is 0 Å². The predicted molar refractivity (Wildman–Crippen MR) is 95.3 cm³/mol. The summed E-state index contributed by atoms with van der Waals surface area (Å²) in [5.41, 5.74) is 3.19. The summed E-state index contributed by atoms with van der Waals surface area (Å²) in [7, 11) is 2.99. The molecule has 0 unspecified atom stereocenters. The third-order valence-electron chi connectivity index (χ3n) is 3.46. The standard InChI is InChI=1S/C18H21N3O5/c1-12(9-17(22)19-11-14-5-4-8-26-14)20-21-18(23)15-7-6-13(24-2)10-16(15)25-3/h4-8,10H,9,11H2,1-3H3,(H,19,22)(H,21,23)/b20-12-. The highest BCUT2D eigenvalue weighted by Crippen LogP contribution is 2.24. The molecule has 0 spiro atoms. The van der Waals surface area contributed by atoms with Gasteiger partial charge in [0.15, 0.2) is 0 Å². The Morgan fingerprint density at radius 1 is 1.19 bits per heavy atom. The smallest absolute Gasteiger partial charge is 0.275 e. The van der Waals surface area contributed by atoms with Crippen LogP contribution in [0.1, 0.15) is 29.5 Å². The third kappa shape index (κ3) is 5.37. The number of carbonyl (C=O) groups is 2. The van der Waals surface area contributed by atoms with E-state index in [0.717, 1.165) is 0 Å². The number of benzene rings is 1. The summed E-state index contributed by atoms with van der Waals surface area (Å²) in [6.45, 7) is 1.95. The fourth-order valence-corrected chi connectivity index (χ4v) is 2.13. The predicted octanol–water partition coefficient (Wildman–Crippen LogP) is 2.11. The van der Waals surface area contributed by atoms with Crippen LogP contribution in [0, 0.1) is 0 Å². The first-order valence-corrected chi connectivity index (χ1v) is 7.88. The summed E-state index contributed by atoms with van der Waals surface area (Å²) >= 11 is 0. The highest BCUT2D eigenvalue weighted by molar-refractivity contribution is 6.01. The summed E-state index contributed by atoms with van der Waals surface area (Å²) in [5.74, 6) is 0.934. The molecule has 0 saturated heterocycles. The lowest BCUT2D eigenvalue weighted by molar-refractivity contribution is -0.120. The van der Waals surface area contributed by atoms with E-state index in [0.29, 0.717) is 35.1 Å². The zero-order valence-electron chi connectivity index (χ0n) is 14.9. The first kappa shape index (κ1) is 19.0. The Balaban J connectivity index is 1.89. The van der Waals surface area contributed by atoms with Crippen LogP contribution >= 0.6 is 0 Å². The van der Waals surface area contributed by atoms with Gasteiger partial charge in [-0.2, -0.15) is 5.10 Å². The first-order valence-electron chi connectivity index (χ1n) is 7.88. The Kier molecular flexibility index (Phi) is 6.78. The molecule has 2 N–H and O–H groups in total. The van der Waals surface area contributed by atoms with Gasteiger partial charge in [0.05, 0.1) is 39.0 Å². The first-order chi connectivity index (χ1) is 12.5. The summed E-state index contributed by atoms with van der Waals surface area (Å²) in [5, 5.41) is 6.66. The highest BCUT2D eigenvalue weighted by Gasteiger charge is 2.13. The molecule has 0 atom stereocenters. The Morgan fingerprint density at radius 2 is 2.00 bits per heavy atom. The Labute approximate surface area is 151 Å². The van der Waals surface area contributed by atoms with E-state index in [4.69, 9.17) is 13.9 Å². The van der Waals surface area contributed by atoms with Crippen LogP contribution < -0.4 is 20.2 Å². The summed E-state index contributed by atoms with van der Waals surface area (Å²) in [6, 6.07) is 8.35. The van der Waals surface area contributed by atoms with Gasteiger partial charge < -0.3 is 19.2 Å². The van der Waals surface area contributed by atoms with Crippen molar-refractivity contribution in [1.82, 2.24) is 10.7 Å². The molecule has 1 heterocycles. The number of hydrogen-bond acceptors (Lipinski definition) is 6. The van der Waals surface area contributed by atoms with E-state index in [-0.39, 0.29) is 12.3 Å². The maximum atomic E-state index is 12.2. The van der Waals surface area contributed by atoms with Crippen LogP contribution in [-0.4, -0.2) is 31.7 Å². The van der Waals surface area contributed by atoms with Crippen LogP contribution in [-0.2, 0) is 11.3 Å². The SMILES string of the molecule is COc1ccc(C(=O)N/N=C(/C)CC(=O)NCc2ccco2)c(OC)c1. The van der Waals surface area contributed by atoms with Gasteiger partial charge >= 0.3 is 0 Å². The molecule has 8 heteroatoms. The summed E-state index contributed by atoms with van der Waals surface area (Å²) in [4.78, 5) is 24.1. The molecule has 2 amide bonds. The molecule has 1 aromatic heterocycles. The van der Waals surface area contributed by atoms with E-state index in [9.17, 15) is 9.59 Å². The maximum absolute atomic E-state index is 12.2. The van der Waals surface area contributed by atoms with Gasteiger partial charge in [-0.1, -0.05) is 0 Å². The van der Waals surface area contributed by atoms with Crippen molar-refractivity contribution in [1.29, 1.82) is 0 Å². The molecule has 0 aliphatic rings. The van der Waals surface area contributed by atoms with Crippen molar-refractivity contribution in [3.05, 3.63) is 47.9 Å². The molecule has 26 heavy (non-hydrogen) atoms. The number of furan rings is 1. The Bertz CT molecular complexity index is 784. The molecule has 2 aromatic rings. The highest BCUT2D eigenvalue weighted by atomic mass is 16.5. The van der Waals surface area contributed by atoms with Crippen molar-refractivity contribution in [2.75, 3.05) is 14.2 Å². The molecule has 0 saturated carbocycles. The lowest BCUT2D eigenvalue weighted by atomic mass is 10.2. The maximum Gasteiger partial charge on any atom is 0.275 e. The van der Waals surface area contributed by atoms with Crippen LogP contribution in [0.2, 0.25) is 0 Å². The molecule has 2 rings (SSSR count). The zero-order chi connectivity index (χ0) is 18.9. The molecule has 8 nitrogen and oxygen atoms in total. The molecule has 138 valence electrons. The number of ether oxygens (including phenoxy) is 2. The lowest BCUT2D eigenvalue weighted by Gasteiger charge is -2.09. The number of amides is 2. The van der Waals surface area contributed by atoms with Crippen LogP contribution in [0.25, 0.3) is 0 Å². The van der Waals surface area contributed by atoms with Gasteiger partial charge in [-0.05, 0) is 31.2 Å². The third-order valence-corrected chi connectivity index (χ3v) is 3.46. The Morgan fingerprint density at radius 3 is 2.65 bits per heavy atom. The Hall–Kier alpha value is -3.29. The second-order valence-electron chi connectivity index (χ2n) is 5.39. The average molecular weight is 359 g/mol. The van der Waals surface area contributed by atoms with Gasteiger partial charge in [0.2, 0.25) is 5.91 Å². The van der Waals surface area contributed by atoms with E-state index in [2.05, 4.69) is 15.8 Å². The molecule has 0 aliphatic carbocycles. The van der Waals surface area contributed by atoms with Gasteiger partial charge in [-0.25, -0.2) is 5.43 Å². The van der Waals surface area contributed by atoms with Gasteiger partial charge in [0.1, 0.15) is 17.3 Å². The molecular weight excluding hydrogens is 338 g/mol. The van der Waals surface area contributed by atoms with Crippen LogP contribution in [0.15, 0.2) is 46.1 Å². The van der Waals surface area contributed by atoms with Crippen LogP contribution in [0.5, 0.6) is 11.5 Å². The molecular formula is C18H21N3O5. The monoisotopic (exact) mass is 359 g/mol. The second-order valence-corrected chi connectivity index (χ2v) is 5.39. The van der Waals surface area contributed by atoms with E-state index >= 15 is 0 Å². The van der Waals surface area contributed by atoms with Crippen molar-refractivity contribution in [2.24, 2.45) is 5.10 Å². The number of hydrogen-bond donors (Lipinski definition) is 2. The number of methoxy groups -OCH3 is 2. The quantitative estimate of drug-likeness (QED) is 0.555. The summed E-state index contributed by atoms with van der Waals surface area (Å²) in [6.07, 6.45) is 1.60. The average Bonchev–Trinajstić information content (AvgIpc) is 3.17. The minimum absolute atomic E-state index is 0.0563. The molecule has 0 bridgehead atoms. The largest absolute Gasteiger partial charge is 0.497 e. The van der Waals surface area contributed by atoms with Crippen molar-refractivity contribution in [3.63, 3.8) is 0 Å². The number of carbonyl (C=O) groups excluding carboxylic acids is 2. The van der Waals surface area contributed by atoms with Crippen molar-refractivity contribution in [2.45, 2.75) is 19.9 Å². The number of rotatable bonds is 8. The summed E-state index contributed by atoms with van der Waals surface area (Å²) < 4.78 is 15.4. The minimum atomic E-state index is -0.445. The van der Waals surface area contributed by atoms with E-state index in [1.54, 1.807) is 37.3 Å². The number of nitrogens with one attached hydrogen (secondary N) is 2. The lowest BCUT2D eigenvalue weighted by Crippen LogP contribution is -2.26. The van der Waals surface area contributed by atoms with E-state index < -0.39 is 5.91 Å². The number of nitrogens with zero attached hydrogens (tertiary/aromatic N) is 1. The normalized spacial score (nSPS) is 11.0. The van der Waals surface area contributed by atoms with Crippen molar-refractivity contribution < 1.29 is 23.5 Å².